The Labute approximate surface area is 106 Å². The summed E-state index contributed by atoms with van der Waals surface area (Å²) in [7, 11) is 0. The van der Waals surface area contributed by atoms with Crippen molar-refractivity contribution in [2.45, 2.75) is 20.0 Å². The zero-order chi connectivity index (χ0) is 12.5. The van der Waals surface area contributed by atoms with Crippen molar-refractivity contribution in [2.75, 3.05) is 0 Å². The van der Waals surface area contributed by atoms with E-state index >= 15 is 0 Å². The molecule has 90 valence electrons. The quantitative estimate of drug-likeness (QED) is 0.624. The Kier molecular flexibility index (Phi) is 2.63. The van der Waals surface area contributed by atoms with E-state index in [1.54, 1.807) is 0 Å². The van der Waals surface area contributed by atoms with Crippen LogP contribution in [0.2, 0.25) is 0 Å². The van der Waals surface area contributed by atoms with Crippen LogP contribution in [0.5, 0.6) is 5.88 Å². The Morgan fingerprint density at radius 1 is 0.833 bits per heavy atom. The molecule has 1 heterocycles. The first-order valence-electron chi connectivity index (χ1n) is 6.20. The first kappa shape index (κ1) is 11.0. The fourth-order valence-corrected chi connectivity index (χ4v) is 2.19. The highest BCUT2D eigenvalue weighted by Crippen LogP contribution is 2.30. The average Bonchev–Trinajstić information content (AvgIpc) is 2.38. The molecule has 0 radical (unpaired) electrons. The fraction of sp³-hybridized carbons (Fsp3) is 0.188. The second-order valence-corrected chi connectivity index (χ2v) is 4.65. The molecular formula is C16H15NO. The average molecular weight is 237 g/mol. The highest BCUT2D eigenvalue weighted by molar-refractivity contribution is 6.07. The van der Waals surface area contributed by atoms with Crippen molar-refractivity contribution >= 4 is 21.7 Å². The van der Waals surface area contributed by atoms with E-state index in [2.05, 4.69) is 23.2 Å². The summed E-state index contributed by atoms with van der Waals surface area (Å²) < 4.78 is 5.82. The minimum atomic E-state index is 0.127. The fourth-order valence-electron chi connectivity index (χ4n) is 2.19. The molecule has 0 fully saturated rings. The zero-order valence-corrected chi connectivity index (χ0v) is 10.6. The van der Waals surface area contributed by atoms with Crippen LogP contribution in [-0.4, -0.2) is 11.1 Å². The van der Waals surface area contributed by atoms with Crippen LogP contribution in [0.1, 0.15) is 13.8 Å². The van der Waals surface area contributed by atoms with E-state index in [4.69, 9.17) is 4.74 Å². The standard InChI is InChI=1S/C16H15NO/c1-11(2)18-16-14-9-4-3-7-12(14)13-8-5-6-10-15(13)17-16/h3-11H,1-2H3. The third-order valence-electron chi connectivity index (χ3n) is 2.92. The van der Waals surface area contributed by atoms with Crippen molar-refractivity contribution in [3.8, 4) is 5.88 Å². The molecule has 0 aliphatic heterocycles. The lowest BCUT2D eigenvalue weighted by Gasteiger charge is -2.13. The Morgan fingerprint density at radius 2 is 1.44 bits per heavy atom. The summed E-state index contributed by atoms with van der Waals surface area (Å²) in [5.41, 5.74) is 0.979. The first-order valence-corrected chi connectivity index (χ1v) is 6.20. The molecule has 0 bridgehead atoms. The van der Waals surface area contributed by atoms with Crippen molar-refractivity contribution in [1.29, 1.82) is 0 Å². The van der Waals surface area contributed by atoms with Crippen molar-refractivity contribution in [3.63, 3.8) is 0 Å². The van der Waals surface area contributed by atoms with Crippen LogP contribution >= 0.6 is 0 Å². The zero-order valence-electron chi connectivity index (χ0n) is 10.6. The third-order valence-corrected chi connectivity index (χ3v) is 2.92. The monoisotopic (exact) mass is 237 g/mol. The van der Waals surface area contributed by atoms with Gasteiger partial charge in [-0.25, -0.2) is 4.98 Å². The van der Waals surface area contributed by atoms with Gasteiger partial charge in [-0.3, -0.25) is 0 Å². The van der Waals surface area contributed by atoms with E-state index in [0.29, 0.717) is 0 Å². The van der Waals surface area contributed by atoms with Crippen molar-refractivity contribution in [3.05, 3.63) is 48.5 Å². The molecule has 0 atom stereocenters. The number of pyridine rings is 1. The summed E-state index contributed by atoms with van der Waals surface area (Å²) in [6.07, 6.45) is 0.127. The van der Waals surface area contributed by atoms with E-state index < -0.39 is 0 Å². The molecule has 2 aromatic carbocycles. The molecule has 0 amide bonds. The third kappa shape index (κ3) is 1.80. The van der Waals surface area contributed by atoms with E-state index in [0.717, 1.165) is 16.8 Å². The van der Waals surface area contributed by atoms with Crippen molar-refractivity contribution in [1.82, 2.24) is 4.98 Å². The topological polar surface area (TPSA) is 22.1 Å². The molecule has 0 N–H and O–H groups in total. The summed E-state index contributed by atoms with van der Waals surface area (Å²) in [5, 5.41) is 3.44. The van der Waals surface area contributed by atoms with Crippen LogP contribution in [0.3, 0.4) is 0 Å². The number of ether oxygens (including phenoxy) is 1. The van der Waals surface area contributed by atoms with E-state index in [-0.39, 0.29) is 6.10 Å². The minimum absolute atomic E-state index is 0.127. The SMILES string of the molecule is CC(C)Oc1nc2ccccc2c2ccccc12. The van der Waals surface area contributed by atoms with Crippen molar-refractivity contribution < 1.29 is 4.74 Å². The van der Waals surface area contributed by atoms with Gasteiger partial charge in [0.05, 0.1) is 11.6 Å². The smallest absolute Gasteiger partial charge is 0.222 e. The molecule has 3 rings (SSSR count). The summed E-state index contributed by atoms with van der Waals surface area (Å²) in [4.78, 5) is 4.62. The highest BCUT2D eigenvalue weighted by Gasteiger charge is 2.09. The van der Waals surface area contributed by atoms with Crippen LogP contribution in [0.15, 0.2) is 48.5 Å². The van der Waals surface area contributed by atoms with E-state index in [1.807, 2.05) is 44.2 Å². The van der Waals surface area contributed by atoms with Gasteiger partial charge in [-0.05, 0) is 31.4 Å². The molecule has 3 aromatic rings. The molecule has 2 nitrogen and oxygen atoms in total. The molecule has 0 aliphatic carbocycles. The van der Waals surface area contributed by atoms with Gasteiger partial charge in [0.1, 0.15) is 0 Å². The Balaban J connectivity index is 2.39. The van der Waals surface area contributed by atoms with Gasteiger partial charge in [0.15, 0.2) is 0 Å². The van der Waals surface area contributed by atoms with Crippen LogP contribution in [0, 0.1) is 0 Å². The van der Waals surface area contributed by atoms with Gasteiger partial charge in [0.2, 0.25) is 5.88 Å². The number of hydrogen-bond acceptors (Lipinski definition) is 2. The molecule has 0 unspecified atom stereocenters. The van der Waals surface area contributed by atoms with Crippen LogP contribution in [0.4, 0.5) is 0 Å². The highest BCUT2D eigenvalue weighted by atomic mass is 16.5. The summed E-state index contributed by atoms with van der Waals surface area (Å²) in [5.74, 6) is 0.722. The normalized spacial score (nSPS) is 11.3. The number of benzene rings is 2. The number of hydrogen-bond donors (Lipinski definition) is 0. The molecule has 2 heteroatoms. The molecule has 0 spiro atoms. The molecule has 0 aliphatic rings. The van der Waals surface area contributed by atoms with E-state index in [1.165, 1.54) is 10.8 Å². The van der Waals surface area contributed by atoms with Crippen LogP contribution in [0.25, 0.3) is 21.7 Å². The predicted octanol–water partition coefficient (Wildman–Crippen LogP) is 4.18. The maximum Gasteiger partial charge on any atom is 0.222 e. The maximum absolute atomic E-state index is 5.82. The molecule has 0 saturated carbocycles. The Bertz CT molecular complexity index is 704. The Morgan fingerprint density at radius 3 is 2.17 bits per heavy atom. The van der Waals surface area contributed by atoms with Crippen molar-refractivity contribution in [2.24, 2.45) is 0 Å². The first-order chi connectivity index (χ1) is 8.75. The lowest BCUT2D eigenvalue weighted by Crippen LogP contribution is -2.07. The van der Waals surface area contributed by atoms with Gasteiger partial charge in [0, 0.05) is 10.8 Å². The molecule has 0 saturated heterocycles. The van der Waals surface area contributed by atoms with Gasteiger partial charge < -0.3 is 4.74 Å². The molecular weight excluding hydrogens is 222 g/mol. The second kappa shape index (κ2) is 4.30. The second-order valence-electron chi connectivity index (χ2n) is 4.65. The number of aromatic nitrogens is 1. The predicted molar refractivity (Wildman–Crippen MR) is 75.0 cm³/mol. The lowest BCUT2D eigenvalue weighted by atomic mass is 10.1. The number of para-hydroxylation sites is 1. The van der Waals surface area contributed by atoms with Gasteiger partial charge in [-0.1, -0.05) is 36.4 Å². The Hall–Kier alpha value is -2.09. The molecule has 1 aromatic heterocycles. The van der Waals surface area contributed by atoms with Gasteiger partial charge in [0.25, 0.3) is 0 Å². The minimum Gasteiger partial charge on any atom is -0.474 e. The number of nitrogens with zero attached hydrogens (tertiary/aromatic N) is 1. The van der Waals surface area contributed by atoms with Crippen LogP contribution < -0.4 is 4.74 Å². The number of fused-ring (bicyclic) bond motifs is 3. The molecule has 18 heavy (non-hydrogen) atoms. The summed E-state index contributed by atoms with van der Waals surface area (Å²) in [6.45, 7) is 4.04. The van der Waals surface area contributed by atoms with Gasteiger partial charge in [-0.2, -0.15) is 0 Å². The summed E-state index contributed by atoms with van der Waals surface area (Å²) >= 11 is 0. The van der Waals surface area contributed by atoms with Crippen LogP contribution in [-0.2, 0) is 0 Å². The lowest BCUT2D eigenvalue weighted by molar-refractivity contribution is 0.237. The largest absolute Gasteiger partial charge is 0.474 e. The summed E-state index contributed by atoms with van der Waals surface area (Å²) in [6, 6.07) is 16.4. The van der Waals surface area contributed by atoms with E-state index in [9.17, 15) is 0 Å². The van der Waals surface area contributed by atoms with Gasteiger partial charge in [-0.15, -0.1) is 0 Å². The van der Waals surface area contributed by atoms with Gasteiger partial charge >= 0.3 is 0 Å². The maximum atomic E-state index is 5.82. The number of rotatable bonds is 2.